The number of unbranched alkanes of at least 4 members (excludes halogenated alkanes) is 2. The van der Waals surface area contributed by atoms with E-state index in [1.54, 1.807) is 12.1 Å². The number of benzene rings is 2. The van der Waals surface area contributed by atoms with Crippen LogP contribution in [0.5, 0.6) is 11.5 Å². The first-order valence-corrected chi connectivity index (χ1v) is 15.0. The molecule has 0 atom stereocenters. The molecule has 1 heterocycles. The van der Waals surface area contributed by atoms with Gasteiger partial charge in [0.25, 0.3) is 5.91 Å². The quantitative estimate of drug-likeness (QED) is 0.155. The maximum Gasteiger partial charge on any atom is 0.262 e. The minimum atomic E-state index is -0.332. The zero-order valence-corrected chi connectivity index (χ0v) is 23.9. The summed E-state index contributed by atoms with van der Waals surface area (Å²) in [6, 6.07) is 8.32. The Kier molecular flexibility index (Phi) is 11.5. The number of hydrogen-bond donors (Lipinski definition) is 3. The molecule has 0 spiro atoms. The molecule has 0 unspecified atom stereocenters. The van der Waals surface area contributed by atoms with E-state index in [9.17, 15) is 19.1 Å². The van der Waals surface area contributed by atoms with E-state index in [-0.39, 0.29) is 30.0 Å². The summed E-state index contributed by atoms with van der Waals surface area (Å²) in [6.45, 7) is 1.96. The van der Waals surface area contributed by atoms with Gasteiger partial charge in [-0.3, -0.25) is 9.59 Å². The fraction of sp³-hybridized carbons (Fsp3) is 0.548. The highest BCUT2D eigenvalue weighted by Crippen LogP contribution is 2.39. The number of nitrogens with one attached hydrogen (secondary N) is 2. The van der Waals surface area contributed by atoms with Crippen molar-refractivity contribution in [2.45, 2.75) is 83.1 Å². The Morgan fingerprint density at radius 1 is 1.07 bits per heavy atom. The maximum atomic E-state index is 13.6. The summed E-state index contributed by atoms with van der Waals surface area (Å²) in [6.07, 6.45) is 11.7. The molecular formula is C31H41ClFN3O4. The zero-order chi connectivity index (χ0) is 28.3. The minimum Gasteiger partial charge on any atom is -0.506 e. The van der Waals surface area contributed by atoms with E-state index in [1.165, 1.54) is 37.8 Å². The summed E-state index contributed by atoms with van der Waals surface area (Å²) in [7, 11) is 0. The topological polar surface area (TPSA) is 90.9 Å². The predicted octanol–water partition coefficient (Wildman–Crippen LogP) is 6.00. The summed E-state index contributed by atoms with van der Waals surface area (Å²) in [5.74, 6) is 0.168. The Balaban J connectivity index is 1.23. The molecule has 1 aliphatic heterocycles. The molecule has 0 saturated heterocycles. The van der Waals surface area contributed by atoms with Gasteiger partial charge in [-0.1, -0.05) is 49.8 Å². The number of amides is 2. The van der Waals surface area contributed by atoms with Crippen LogP contribution in [0.4, 0.5) is 10.1 Å². The van der Waals surface area contributed by atoms with Crippen LogP contribution >= 0.6 is 11.6 Å². The van der Waals surface area contributed by atoms with Crippen molar-refractivity contribution >= 4 is 29.1 Å². The molecule has 2 aliphatic rings. The molecular weight excluding hydrogens is 533 g/mol. The average Bonchev–Trinajstić information content (AvgIpc) is 3.20. The van der Waals surface area contributed by atoms with E-state index < -0.39 is 0 Å². The molecule has 2 aromatic carbocycles. The van der Waals surface area contributed by atoms with Gasteiger partial charge in [0.05, 0.1) is 0 Å². The van der Waals surface area contributed by atoms with Gasteiger partial charge >= 0.3 is 0 Å². The van der Waals surface area contributed by atoms with Crippen LogP contribution in [-0.2, 0) is 22.4 Å². The number of hydrogen-bond acceptors (Lipinski definition) is 5. The van der Waals surface area contributed by atoms with Crippen LogP contribution < -0.4 is 15.4 Å². The average molecular weight is 574 g/mol. The smallest absolute Gasteiger partial charge is 0.262 e. The highest BCUT2D eigenvalue weighted by atomic mass is 35.5. The van der Waals surface area contributed by atoms with Crippen LogP contribution in [0.25, 0.3) is 0 Å². The van der Waals surface area contributed by atoms with Crippen LogP contribution in [0.3, 0.4) is 0 Å². The van der Waals surface area contributed by atoms with Gasteiger partial charge in [0.1, 0.15) is 17.3 Å². The van der Waals surface area contributed by atoms with Crippen molar-refractivity contribution in [3.8, 4) is 11.5 Å². The van der Waals surface area contributed by atoms with Crippen LogP contribution in [-0.4, -0.2) is 54.1 Å². The number of fused-ring (bicyclic) bond motifs is 1. The third-order valence-electron chi connectivity index (χ3n) is 7.79. The number of aromatic hydroxyl groups is 1. The number of rotatable bonds is 13. The molecule has 3 N–H and O–H groups in total. The summed E-state index contributed by atoms with van der Waals surface area (Å²) in [5, 5.41) is 16.5. The number of nitrogens with zero attached hydrogens (tertiary/aromatic N) is 1. The highest BCUT2D eigenvalue weighted by Gasteiger charge is 2.25. The first kappa shape index (κ1) is 30.1. The number of halogens is 2. The van der Waals surface area contributed by atoms with Crippen LogP contribution in [0.1, 0.15) is 75.3 Å². The SMILES string of the molecule is O=C1COc2c(CCCCCN(C(=O)CCNCCc3cc(F)cc(Cl)c3)C3CCCCCC3)ccc(O)c2N1. The fourth-order valence-electron chi connectivity index (χ4n) is 5.72. The fourth-order valence-corrected chi connectivity index (χ4v) is 5.96. The first-order valence-electron chi connectivity index (χ1n) is 14.6. The Hall–Kier alpha value is -2.84. The van der Waals surface area contributed by atoms with Crippen molar-refractivity contribution in [2.24, 2.45) is 0 Å². The molecule has 7 nitrogen and oxygen atoms in total. The van der Waals surface area contributed by atoms with E-state index in [4.69, 9.17) is 16.3 Å². The minimum absolute atomic E-state index is 0.0113. The van der Waals surface area contributed by atoms with Crippen LogP contribution in [0.2, 0.25) is 5.02 Å². The van der Waals surface area contributed by atoms with Crippen LogP contribution in [0, 0.1) is 5.82 Å². The molecule has 1 fully saturated rings. The van der Waals surface area contributed by atoms with Gasteiger partial charge in [0.15, 0.2) is 12.4 Å². The van der Waals surface area contributed by atoms with Gasteiger partial charge in [0.2, 0.25) is 5.91 Å². The van der Waals surface area contributed by atoms with Crippen LogP contribution in [0.15, 0.2) is 30.3 Å². The lowest BCUT2D eigenvalue weighted by molar-refractivity contribution is -0.133. The third kappa shape index (κ3) is 8.83. The number of ether oxygens (including phenoxy) is 1. The molecule has 1 aliphatic carbocycles. The largest absolute Gasteiger partial charge is 0.506 e. The van der Waals surface area contributed by atoms with Gasteiger partial charge in [0, 0.05) is 30.6 Å². The second kappa shape index (κ2) is 15.2. The summed E-state index contributed by atoms with van der Waals surface area (Å²) in [4.78, 5) is 27.1. The number of aryl methyl sites for hydroxylation is 1. The Bertz CT molecular complexity index is 1130. The molecule has 0 radical (unpaired) electrons. The predicted molar refractivity (Wildman–Crippen MR) is 156 cm³/mol. The Morgan fingerprint density at radius 2 is 1.88 bits per heavy atom. The molecule has 4 rings (SSSR count). The van der Waals surface area contributed by atoms with Gasteiger partial charge < -0.3 is 25.4 Å². The maximum absolute atomic E-state index is 13.6. The van der Waals surface area contributed by atoms with E-state index in [1.807, 2.05) is 6.07 Å². The van der Waals surface area contributed by atoms with Crippen molar-refractivity contribution in [2.75, 3.05) is 31.6 Å². The summed E-state index contributed by atoms with van der Waals surface area (Å²) < 4.78 is 19.2. The summed E-state index contributed by atoms with van der Waals surface area (Å²) >= 11 is 5.94. The lowest BCUT2D eigenvalue weighted by Crippen LogP contribution is -2.42. The second-order valence-corrected chi connectivity index (χ2v) is 11.3. The summed E-state index contributed by atoms with van der Waals surface area (Å²) in [5.41, 5.74) is 2.16. The van der Waals surface area contributed by atoms with Crippen molar-refractivity contribution in [1.82, 2.24) is 10.2 Å². The van der Waals surface area contributed by atoms with Crippen molar-refractivity contribution < 1.29 is 23.8 Å². The van der Waals surface area contributed by atoms with E-state index >= 15 is 0 Å². The second-order valence-electron chi connectivity index (χ2n) is 10.9. The van der Waals surface area contributed by atoms with Gasteiger partial charge in [-0.05, 0) is 80.5 Å². The molecule has 0 bridgehead atoms. The van der Waals surface area contributed by atoms with Crippen molar-refractivity contribution in [3.05, 3.63) is 52.3 Å². The Morgan fingerprint density at radius 3 is 2.65 bits per heavy atom. The molecule has 2 aromatic rings. The molecule has 1 saturated carbocycles. The van der Waals surface area contributed by atoms with Gasteiger partial charge in [-0.15, -0.1) is 0 Å². The molecule has 2 amide bonds. The number of anilines is 1. The zero-order valence-electron chi connectivity index (χ0n) is 23.2. The monoisotopic (exact) mass is 573 g/mol. The van der Waals surface area contributed by atoms with Crippen molar-refractivity contribution in [3.63, 3.8) is 0 Å². The van der Waals surface area contributed by atoms with Gasteiger partial charge in [-0.2, -0.15) is 0 Å². The number of phenolic OH excluding ortho intramolecular Hbond substituents is 1. The van der Waals surface area contributed by atoms with E-state index in [2.05, 4.69) is 15.5 Å². The standard InChI is InChI=1S/C31H41ClFN3O4/c32-24-18-22(19-25(33)20-24)13-15-34-16-14-29(39)36(26-9-5-1-2-6-10-26)17-7-3-4-8-23-11-12-27(37)30-31(23)40-21-28(38)35-30/h11-12,18-20,26,34,37H,1-10,13-17,21H2,(H,35,38). The van der Waals surface area contributed by atoms with E-state index in [0.717, 1.165) is 56.2 Å². The molecule has 40 heavy (non-hydrogen) atoms. The number of carbonyl (C=O) groups is 2. The lowest BCUT2D eigenvalue weighted by Gasteiger charge is -2.32. The number of phenols is 1. The highest BCUT2D eigenvalue weighted by molar-refractivity contribution is 6.30. The Labute approximate surface area is 241 Å². The van der Waals surface area contributed by atoms with E-state index in [0.29, 0.717) is 48.4 Å². The molecule has 9 heteroatoms. The molecule has 218 valence electrons. The number of carbonyl (C=O) groups excluding carboxylic acids is 2. The first-order chi connectivity index (χ1) is 19.4. The lowest BCUT2D eigenvalue weighted by atomic mass is 10.0. The third-order valence-corrected chi connectivity index (χ3v) is 8.01. The normalized spacial score (nSPS) is 15.6. The van der Waals surface area contributed by atoms with Crippen molar-refractivity contribution in [1.29, 1.82) is 0 Å². The van der Waals surface area contributed by atoms with Gasteiger partial charge in [-0.25, -0.2) is 4.39 Å². The molecule has 0 aromatic heterocycles.